The third-order valence-corrected chi connectivity index (χ3v) is 6.06. The number of hydrogen-bond donors (Lipinski definition) is 1. The number of thioether (sulfide) groups is 1. The van der Waals surface area contributed by atoms with Gasteiger partial charge in [0.2, 0.25) is 10.3 Å². The number of alkyl halides is 3. The van der Waals surface area contributed by atoms with Gasteiger partial charge in [-0.15, -0.1) is 0 Å². The number of hydrogen-bond acceptors (Lipinski definition) is 4. The van der Waals surface area contributed by atoms with Crippen LogP contribution in [-0.4, -0.2) is 42.4 Å². The molecule has 0 fully saturated rings. The number of rotatable bonds is 7. The summed E-state index contributed by atoms with van der Waals surface area (Å²) < 4.78 is 44.7. The van der Waals surface area contributed by atoms with Gasteiger partial charge in [-0.1, -0.05) is 31.4 Å². The van der Waals surface area contributed by atoms with Crippen LogP contribution in [0.4, 0.5) is 13.2 Å². The topological polar surface area (TPSA) is 38.3 Å². The second kappa shape index (κ2) is 9.12. The first-order valence-corrected chi connectivity index (χ1v) is 12.0. The van der Waals surface area contributed by atoms with E-state index < -0.39 is 26.2 Å². The quantitative estimate of drug-likeness (QED) is 0.534. The van der Waals surface area contributed by atoms with Crippen LogP contribution in [0.15, 0.2) is 0 Å². The average Bonchev–Trinajstić information content (AvgIpc) is 2.23. The van der Waals surface area contributed by atoms with Crippen LogP contribution < -0.4 is 5.32 Å². The smallest absolute Gasteiger partial charge is 0.408 e. The van der Waals surface area contributed by atoms with Crippen molar-refractivity contribution in [3.63, 3.8) is 0 Å². The molecule has 0 aliphatic heterocycles. The predicted molar refractivity (Wildman–Crippen MR) is 92.0 cm³/mol. The minimum absolute atomic E-state index is 0.203. The third-order valence-electron chi connectivity index (χ3n) is 2.64. The second-order valence-electron chi connectivity index (χ2n) is 6.22. The molecule has 1 N–H and O–H groups in total. The largest absolute Gasteiger partial charge is 0.479 e. The molecule has 0 saturated heterocycles. The molecule has 9 heteroatoms. The highest BCUT2D eigenvalue weighted by Crippen LogP contribution is 2.32. The molecule has 2 atom stereocenters. The molecule has 0 rings (SSSR count). The monoisotopic (exact) mass is 375 g/mol. The van der Waals surface area contributed by atoms with Gasteiger partial charge in [0.05, 0.1) is 6.61 Å². The van der Waals surface area contributed by atoms with Crippen LogP contribution in [-0.2, 0) is 9.53 Å². The Hall–Kier alpha value is -0.283. The molecule has 3 nitrogen and oxygen atoms in total. The Bertz CT molecular complexity index is 386. The molecule has 1 amide bonds. The van der Waals surface area contributed by atoms with Crippen LogP contribution in [0, 0.1) is 0 Å². The van der Waals surface area contributed by atoms with E-state index in [4.69, 9.17) is 17.0 Å². The normalized spacial score (nSPS) is 15.1. The lowest BCUT2D eigenvalue weighted by atomic mass is 10.1. The molecule has 0 saturated carbocycles. The Morgan fingerprint density at radius 1 is 1.36 bits per heavy atom. The fourth-order valence-electron chi connectivity index (χ4n) is 1.93. The van der Waals surface area contributed by atoms with Gasteiger partial charge in [0.15, 0.2) is 0 Å². The van der Waals surface area contributed by atoms with Gasteiger partial charge in [0.1, 0.15) is 6.04 Å². The minimum Gasteiger partial charge on any atom is -0.479 e. The Balaban J connectivity index is 5.04. The maximum absolute atomic E-state index is 13.1. The summed E-state index contributed by atoms with van der Waals surface area (Å²) >= 11 is 6.20. The molecular formula is C13H24F3NO2S2Si. The number of ether oxygens (including phenoxy) is 1. The summed E-state index contributed by atoms with van der Waals surface area (Å²) in [6.45, 7) is 9.52. The van der Waals surface area contributed by atoms with Gasteiger partial charge >= 0.3 is 6.18 Å². The zero-order valence-electron chi connectivity index (χ0n) is 13.5. The summed E-state index contributed by atoms with van der Waals surface area (Å²) in [5.41, 5.74) is 0. The lowest BCUT2D eigenvalue weighted by Crippen LogP contribution is -2.46. The Labute approximate surface area is 140 Å². The Morgan fingerprint density at radius 2 is 1.91 bits per heavy atom. The van der Waals surface area contributed by atoms with Crippen LogP contribution in [0.5, 0.6) is 0 Å². The van der Waals surface area contributed by atoms with Crippen LogP contribution in [0.3, 0.4) is 0 Å². The highest BCUT2D eigenvalue weighted by molar-refractivity contribution is 8.23. The van der Waals surface area contributed by atoms with E-state index in [9.17, 15) is 18.0 Å². The summed E-state index contributed by atoms with van der Waals surface area (Å²) in [4.78, 5) is 11.0. The van der Waals surface area contributed by atoms with E-state index >= 15 is 0 Å². The van der Waals surface area contributed by atoms with Crippen molar-refractivity contribution in [1.82, 2.24) is 5.32 Å². The first-order valence-electron chi connectivity index (χ1n) is 7.02. The van der Waals surface area contributed by atoms with Gasteiger partial charge in [0.25, 0.3) is 0 Å². The molecule has 0 heterocycles. The van der Waals surface area contributed by atoms with E-state index in [1.54, 1.807) is 6.92 Å². The molecule has 0 aromatic heterocycles. The SMILES string of the molecule is CCOC(=S)SC(CC(NC(C)=O)C(F)(F)F)C[Si](C)(C)C. The first kappa shape index (κ1) is 21.7. The number of carbonyl (C=O) groups is 1. The van der Waals surface area contributed by atoms with Gasteiger partial charge in [0, 0.05) is 20.2 Å². The minimum atomic E-state index is -4.48. The number of thiocarbonyl (C=S) groups is 1. The summed E-state index contributed by atoms with van der Waals surface area (Å²) in [5, 5.41) is 1.67. The highest BCUT2D eigenvalue weighted by Gasteiger charge is 2.42. The second-order valence-corrected chi connectivity index (χ2v) is 13.7. The average molecular weight is 376 g/mol. The molecule has 0 aromatic carbocycles. The van der Waals surface area contributed by atoms with Gasteiger partial charge in [-0.2, -0.15) is 13.2 Å². The molecule has 22 heavy (non-hydrogen) atoms. The molecule has 0 aliphatic carbocycles. The summed E-state index contributed by atoms with van der Waals surface area (Å²) in [5.74, 6) is -0.688. The number of nitrogens with one attached hydrogen (secondary N) is 1. The van der Waals surface area contributed by atoms with Crippen LogP contribution in [0.1, 0.15) is 20.3 Å². The van der Waals surface area contributed by atoms with Crippen molar-refractivity contribution >= 4 is 42.3 Å². The molecule has 0 aromatic rings. The summed E-state index contributed by atoms with van der Waals surface area (Å²) in [6, 6.07) is -1.19. The predicted octanol–water partition coefficient (Wildman–Crippen LogP) is 4.20. The zero-order valence-corrected chi connectivity index (χ0v) is 16.2. The fraction of sp³-hybridized carbons (Fsp3) is 0.846. The highest BCUT2D eigenvalue weighted by atomic mass is 32.2. The van der Waals surface area contributed by atoms with Gasteiger partial charge in [-0.25, -0.2) is 0 Å². The molecular weight excluding hydrogens is 351 g/mol. The van der Waals surface area contributed by atoms with E-state index in [2.05, 4.69) is 19.6 Å². The third kappa shape index (κ3) is 10.4. The first-order chi connectivity index (χ1) is 9.85. The van der Waals surface area contributed by atoms with Crippen molar-refractivity contribution in [2.45, 2.75) is 63.4 Å². The summed E-state index contributed by atoms with van der Waals surface area (Å²) in [6.07, 6.45) is -4.68. The fourth-order valence-corrected chi connectivity index (χ4v) is 6.57. The van der Waals surface area contributed by atoms with Crippen molar-refractivity contribution in [3.8, 4) is 0 Å². The Morgan fingerprint density at radius 3 is 2.27 bits per heavy atom. The number of carbonyl (C=O) groups excluding carboxylic acids is 1. The lowest BCUT2D eigenvalue weighted by molar-refractivity contribution is -0.162. The van der Waals surface area contributed by atoms with Gasteiger partial charge < -0.3 is 10.1 Å². The van der Waals surface area contributed by atoms with Crippen molar-refractivity contribution in [1.29, 1.82) is 0 Å². The van der Waals surface area contributed by atoms with E-state index in [1.807, 2.05) is 5.32 Å². The molecule has 0 radical (unpaired) electrons. The van der Waals surface area contributed by atoms with Crippen LogP contribution >= 0.6 is 24.0 Å². The van der Waals surface area contributed by atoms with Crippen molar-refractivity contribution in [2.75, 3.05) is 6.61 Å². The summed E-state index contributed by atoms with van der Waals surface area (Å²) in [7, 11) is -1.59. The van der Waals surface area contributed by atoms with Crippen LogP contribution in [0.25, 0.3) is 0 Å². The zero-order chi connectivity index (χ0) is 17.6. The maximum Gasteiger partial charge on any atom is 0.408 e. The molecule has 130 valence electrons. The van der Waals surface area contributed by atoms with Gasteiger partial charge in [-0.3, -0.25) is 4.79 Å². The Kier molecular flexibility index (Phi) is 9.00. The van der Waals surface area contributed by atoms with Gasteiger partial charge in [-0.05, 0) is 31.6 Å². The molecule has 0 spiro atoms. The van der Waals surface area contributed by atoms with Crippen LogP contribution in [0.2, 0.25) is 25.7 Å². The van der Waals surface area contributed by atoms with E-state index in [1.165, 1.54) is 0 Å². The number of amides is 1. The van der Waals surface area contributed by atoms with E-state index in [0.29, 0.717) is 12.7 Å². The van der Waals surface area contributed by atoms with Crippen molar-refractivity contribution in [3.05, 3.63) is 0 Å². The number of halogens is 3. The maximum atomic E-state index is 13.1. The molecule has 2 unspecified atom stereocenters. The standard InChI is InChI=1S/C13H24F3NO2S2Si/c1-6-19-12(20)21-10(8-22(3,4)5)7-11(13(14,15)16)17-9(2)18/h10-11H,6-8H2,1-5H3,(H,17,18). The lowest BCUT2D eigenvalue weighted by Gasteiger charge is -2.29. The van der Waals surface area contributed by atoms with E-state index in [-0.39, 0.29) is 16.1 Å². The van der Waals surface area contributed by atoms with Crippen molar-refractivity contribution < 1.29 is 22.7 Å². The molecule has 0 aliphatic rings. The van der Waals surface area contributed by atoms with Crippen molar-refractivity contribution in [2.24, 2.45) is 0 Å². The van der Waals surface area contributed by atoms with E-state index in [0.717, 1.165) is 18.7 Å². The molecule has 0 bridgehead atoms.